The highest BCUT2D eigenvalue weighted by Gasteiger charge is 2.14. The lowest BCUT2D eigenvalue weighted by Gasteiger charge is -2.06. The molecule has 0 atom stereocenters. The van der Waals surface area contributed by atoms with E-state index in [0.717, 1.165) is 15.6 Å². The van der Waals surface area contributed by atoms with Crippen molar-refractivity contribution in [2.24, 2.45) is 0 Å². The first-order valence-electron chi connectivity index (χ1n) is 5.01. The van der Waals surface area contributed by atoms with E-state index < -0.39 is 5.97 Å². The van der Waals surface area contributed by atoms with Gasteiger partial charge in [0.25, 0.3) is 0 Å². The maximum absolute atomic E-state index is 11.0. The average Bonchev–Trinajstić information content (AvgIpc) is 2.30. The normalized spacial score (nSPS) is 10.4. The molecule has 1 N–H and O–H groups in total. The summed E-state index contributed by atoms with van der Waals surface area (Å²) in [5, 5.41) is 9.02. The van der Waals surface area contributed by atoms with E-state index in [2.05, 4.69) is 41.8 Å². The Morgan fingerprint density at radius 2 is 2.00 bits per heavy atom. The van der Waals surface area contributed by atoms with Gasteiger partial charge < -0.3 is 5.11 Å². The van der Waals surface area contributed by atoms with E-state index in [1.165, 1.54) is 6.20 Å². The van der Waals surface area contributed by atoms with Crippen molar-refractivity contribution in [3.8, 4) is 11.4 Å². The predicted octanol–water partition coefficient (Wildman–Crippen LogP) is 3.68. The monoisotopic (exact) mass is 370 g/mol. The second-order valence-electron chi connectivity index (χ2n) is 3.68. The highest BCUT2D eigenvalue weighted by molar-refractivity contribution is 9.10. The number of aromatic carboxylic acids is 1. The first kappa shape index (κ1) is 13.2. The maximum atomic E-state index is 11.0. The molecule has 4 nitrogen and oxygen atoms in total. The van der Waals surface area contributed by atoms with Crippen LogP contribution in [0.1, 0.15) is 16.1 Å². The Hall–Kier alpha value is -1.27. The molecule has 18 heavy (non-hydrogen) atoms. The average molecular weight is 372 g/mol. The minimum Gasteiger partial charge on any atom is -0.476 e. The molecule has 0 saturated carbocycles. The number of aromatic nitrogens is 2. The first-order valence-corrected chi connectivity index (χ1v) is 6.60. The molecule has 1 aromatic heterocycles. The number of benzene rings is 1. The molecule has 2 rings (SSSR count). The third kappa shape index (κ3) is 2.59. The number of aryl methyl sites for hydroxylation is 1. The molecule has 0 radical (unpaired) electrons. The summed E-state index contributed by atoms with van der Waals surface area (Å²) in [6.07, 6.45) is 1.44. The van der Waals surface area contributed by atoms with Gasteiger partial charge in [-0.2, -0.15) is 0 Å². The second kappa shape index (κ2) is 5.16. The molecule has 0 bridgehead atoms. The van der Waals surface area contributed by atoms with Crippen molar-refractivity contribution in [3.63, 3.8) is 0 Å². The zero-order valence-electron chi connectivity index (χ0n) is 9.32. The zero-order chi connectivity index (χ0) is 13.3. The van der Waals surface area contributed by atoms with E-state index in [4.69, 9.17) is 5.11 Å². The molecular formula is C12H8Br2N2O2. The van der Waals surface area contributed by atoms with E-state index in [0.29, 0.717) is 10.3 Å². The van der Waals surface area contributed by atoms with Gasteiger partial charge in [0, 0.05) is 16.2 Å². The number of hydrogen-bond donors (Lipinski definition) is 1. The van der Waals surface area contributed by atoms with Crippen LogP contribution in [0.25, 0.3) is 11.4 Å². The largest absolute Gasteiger partial charge is 0.476 e. The van der Waals surface area contributed by atoms with Gasteiger partial charge in [-0.1, -0.05) is 22.0 Å². The molecule has 0 unspecified atom stereocenters. The SMILES string of the molecule is Cc1ccc(-c2ncc(Br)c(C(=O)O)n2)c(Br)c1. The molecule has 92 valence electrons. The molecule has 0 amide bonds. The minimum atomic E-state index is -1.09. The van der Waals surface area contributed by atoms with Crippen molar-refractivity contribution < 1.29 is 9.90 Å². The topological polar surface area (TPSA) is 63.1 Å². The molecule has 0 aliphatic carbocycles. The standard InChI is InChI=1S/C12H8Br2N2O2/c1-6-2-3-7(8(13)4-6)11-15-5-9(14)10(16-11)12(17)18/h2-5H,1H3,(H,17,18). The molecule has 1 heterocycles. The Balaban J connectivity index is 2.58. The Morgan fingerprint density at radius 3 is 2.61 bits per heavy atom. The summed E-state index contributed by atoms with van der Waals surface area (Å²) in [6, 6.07) is 5.71. The number of carboxylic acids is 1. The van der Waals surface area contributed by atoms with Crippen LogP contribution in [0.4, 0.5) is 0 Å². The van der Waals surface area contributed by atoms with Gasteiger partial charge >= 0.3 is 5.97 Å². The van der Waals surface area contributed by atoms with E-state index in [1.54, 1.807) is 0 Å². The molecule has 0 aliphatic rings. The van der Waals surface area contributed by atoms with Crippen LogP contribution in [-0.2, 0) is 0 Å². The Morgan fingerprint density at radius 1 is 1.28 bits per heavy atom. The van der Waals surface area contributed by atoms with Crippen LogP contribution in [0.5, 0.6) is 0 Å². The van der Waals surface area contributed by atoms with E-state index in [-0.39, 0.29) is 5.69 Å². The molecule has 1 aromatic carbocycles. The summed E-state index contributed by atoms with van der Waals surface area (Å²) in [4.78, 5) is 19.2. The predicted molar refractivity (Wildman–Crippen MR) is 74.6 cm³/mol. The minimum absolute atomic E-state index is 0.0486. The number of nitrogens with zero attached hydrogens (tertiary/aromatic N) is 2. The molecule has 0 spiro atoms. The van der Waals surface area contributed by atoms with E-state index in [9.17, 15) is 4.79 Å². The van der Waals surface area contributed by atoms with Gasteiger partial charge in [0.2, 0.25) is 0 Å². The van der Waals surface area contributed by atoms with Crippen molar-refractivity contribution in [2.45, 2.75) is 6.92 Å². The van der Waals surface area contributed by atoms with Crippen LogP contribution in [0.15, 0.2) is 33.3 Å². The fourth-order valence-electron chi connectivity index (χ4n) is 1.45. The third-order valence-electron chi connectivity index (χ3n) is 2.31. The summed E-state index contributed by atoms with van der Waals surface area (Å²) in [5.41, 5.74) is 1.81. The lowest BCUT2D eigenvalue weighted by molar-refractivity contribution is 0.0689. The van der Waals surface area contributed by atoms with Gasteiger partial charge in [-0.3, -0.25) is 0 Å². The number of halogens is 2. The van der Waals surface area contributed by atoms with E-state index >= 15 is 0 Å². The highest BCUT2D eigenvalue weighted by Crippen LogP contribution is 2.27. The lowest BCUT2D eigenvalue weighted by Crippen LogP contribution is -2.04. The van der Waals surface area contributed by atoms with Gasteiger partial charge in [0.05, 0.1) is 4.47 Å². The summed E-state index contributed by atoms with van der Waals surface area (Å²) >= 11 is 6.54. The van der Waals surface area contributed by atoms with Crippen LogP contribution in [-0.4, -0.2) is 21.0 Å². The van der Waals surface area contributed by atoms with Crippen molar-refractivity contribution in [1.29, 1.82) is 0 Å². The molecule has 0 saturated heterocycles. The van der Waals surface area contributed by atoms with Crippen molar-refractivity contribution >= 4 is 37.8 Å². The van der Waals surface area contributed by atoms with Crippen LogP contribution >= 0.6 is 31.9 Å². The fourth-order valence-corrected chi connectivity index (χ4v) is 2.48. The van der Waals surface area contributed by atoms with Gasteiger partial charge in [-0.25, -0.2) is 14.8 Å². The van der Waals surface area contributed by atoms with E-state index in [1.807, 2.05) is 25.1 Å². The maximum Gasteiger partial charge on any atom is 0.355 e. The van der Waals surface area contributed by atoms with Gasteiger partial charge in [0.15, 0.2) is 11.5 Å². The summed E-state index contributed by atoms with van der Waals surface area (Å²) < 4.78 is 1.20. The lowest BCUT2D eigenvalue weighted by atomic mass is 10.1. The Labute approximate surface area is 120 Å². The smallest absolute Gasteiger partial charge is 0.355 e. The number of carbonyl (C=O) groups is 1. The summed E-state index contributed by atoms with van der Waals surface area (Å²) in [7, 11) is 0. The van der Waals surface area contributed by atoms with Crippen LogP contribution < -0.4 is 0 Å². The van der Waals surface area contributed by atoms with Crippen LogP contribution in [0, 0.1) is 6.92 Å². The quantitative estimate of drug-likeness (QED) is 0.874. The fraction of sp³-hybridized carbons (Fsp3) is 0.0833. The molecule has 6 heteroatoms. The number of hydrogen-bond acceptors (Lipinski definition) is 3. The van der Waals surface area contributed by atoms with Crippen molar-refractivity contribution in [3.05, 3.63) is 44.6 Å². The van der Waals surface area contributed by atoms with Crippen molar-refractivity contribution in [2.75, 3.05) is 0 Å². The Bertz CT molecular complexity index is 629. The van der Waals surface area contributed by atoms with Gasteiger partial charge in [0.1, 0.15) is 0 Å². The Kier molecular flexibility index (Phi) is 3.77. The van der Waals surface area contributed by atoms with Gasteiger partial charge in [-0.05, 0) is 40.5 Å². The molecular weight excluding hydrogens is 364 g/mol. The summed E-state index contributed by atoms with van der Waals surface area (Å²) in [5.74, 6) is -0.712. The summed E-state index contributed by atoms with van der Waals surface area (Å²) in [6.45, 7) is 1.97. The van der Waals surface area contributed by atoms with Crippen molar-refractivity contribution in [1.82, 2.24) is 9.97 Å². The number of rotatable bonds is 2. The first-order chi connectivity index (χ1) is 8.49. The highest BCUT2D eigenvalue weighted by atomic mass is 79.9. The molecule has 0 fully saturated rings. The third-order valence-corrected chi connectivity index (χ3v) is 3.55. The molecule has 2 aromatic rings. The van der Waals surface area contributed by atoms with Gasteiger partial charge in [-0.15, -0.1) is 0 Å². The van der Waals surface area contributed by atoms with Crippen LogP contribution in [0.3, 0.4) is 0 Å². The second-order valence-corrected chi connectivity index (χ2v) is 5.39. The number of carboxylic acid groups (broad SMARTS) is 1. The zero-order valence-corrected chi connectivity index (χ0v) is 12.5. The van der Waals surface area contributed by atoms with Crippen LogP contribution in [0.2, 0.25) is 0 Å². The molecule has 0 aliphatic heterocycles.